The number of hydrogen-bond acceptors (Lipinski definition) is 6. The van der Waals surface area contributed by atoms with Gasteiger partial charge < -0.3 is 19.3 Å². The Labute approximate surface area is 210 Å². The predicted octanol–water partition coefficient (Wildman–Crippen LogP) is 5.60. The van der Waals surface area contributed by atoms with Crippen LogP contribution in [0.15, 0.2) is 34.8 Å². The van der Waals surface area contributed by atoms with Crippen molar-refractivity contribution < 1.29 is 33.7 Å². The lowest BCUT2D eigenvalue weighted by Crippen LogP contribution is -2.37. The number of rotatable bonds is 6. The number of benzene rings is 1. The second-order valence-electron chi connectivity index (χ2n) is 11.0. The quantitative estimate of drug-likeness (QED) is 0.540. The van der Waals surface area contributed by atoms with Crippen molar-refractivity contribution in [2.45, 2.75) is 66.2 Å². The van der Waals surface area contributed by atoms with Crippen molar-refractivity contribution in [2.75, 3.05) is 13.2 Å². The Morgan fingerprint density at radius 1 is 1.00 bits per heavy atom. The SMILES string of the molecule is CCOc1cc(C2C3=C(CC(C)(C)CC3=O)OC3=C2C(=O)CC(C)(C)C3)cc(Cl)c1OCC(=O)O. The van der Waals surface area contributed by atoms with Gasteiger partial charge in [0.15, 0.2) is 29.7 Å². The molecule has 0 atom stereocenters. The minimum Gasteiger partial charge on any atom is -0.490 e. The van der Waals surface area contributed by atoms with E-state index >= 15 is 0 Å². The number of carboxylic acids is 1. The van der Waals surface area contributed by atoms with E-state index in [1.54, 1.807) is 19.1 Å². The fourth-order valence-electron chi connectivity index (χ4n) is 5.30. The van der Waals surface area contributed by atoms with Gasteiger partial charge in [0, 0.05) is 42.7 Å². The Bertz CT molecular complexity index is 1120. The summed E-state index contributed by atoms with van der Waals surface area (Å²) in [7, 11) is 0. The topological polar surface area (TPSA) is 99.1 Å². The zero-order valence-corrected chi connectivity index (χ0v) is 21.5. The average molecular weight is 503 g/mol. The molecule has 8 heteroatoms. The number of carbonyl (C=O) groups excluding carboxylic acids is 2. The van der Waals surface area contributed by atoms with Crippen LogP contribution in [0, 0.1) is 10.8 Å². The van der Waals surface area contributed by atoms with E-state index in [0.29, 0.717) is 60.5 Å². The van der Waals surface area contributed by atoms with Gasteiger partial charge in [0.1, 0.15) is 11.5 Å². The van der Waals surface area contributed by atoms with Gasteiger partial charge in [-0.3, -0.25) is 9.59 Å². The molecule has 4 rings (SSSR count). The standard InChI is InChI=1S/C27H31ClO7/c1-6-33-18-8-14(7-15(28)25(18)34-13-21(31)32)22-23-16(29)9-26(2,3)11-19(23)35-20-12-27(4,5)10-17(30)24(20)22/h7-8,22H,6,9-13H2,1-5H3,(H,31,32). The van der Waals surface area contributed by atoms with Crippen LogP contribution in [0.4, 0.5) is 0 Å². The molecule has 1 heterocycles. The molecule has 0 unspecified atom stereocenters. The summed E-state index contributed by atoms with van der Waals surface area (Å²) in [6.45, 7) is 9.63. The number of carboxylic acid groups (broad SMARTS) is 1. The van der Waals surface area contributed by atoms with E-state index in [1.165, 1.54) is 0 Å². The molecule has 3 aliphatic rings. The van der Waals surface area contributed by atoms with Crippen molar-refractivity contribution >= 4 is 29.1 Å². The zero-order valence-electron chi connectivity index (χ0n) is 20.7. The minimum absolute atomic E-state index is 0.0503. The van der Waals surface area contributed by atoms with Crippen molar-refractivity contribution in [3.63, 3.8) is 0 Å². The number of halogens is 1. The summed E-state index contributed by atoms with van der Waals surface area (Å²) in [5.41, 5.74) is 1.10. The molecule has 35 heavy (non-hydrogen) atoms. The van der Waals surface area contributed by atoms with E-state index in [9.17, 15) is 14.4 Å². The van der Waals surface area contributed by atoms with Crippen LogP contribution in [0.2, 0.25) is 5.02 Å². The number of hydrogen-bond donors (Lipinski definition) is 1. The molecule has 0 saturated heterocycles. The maximum absolute atomic E-state index is 13.5. The van der Waals surface area contributed by atoms with E-state index in [0.717, 1.165) is 0 Å². The number of ketones is 2. The number of ether oxygens (including phenoxy) is 3. The Morgan fingerprint density at radius 3 is 2.03 bits per heavy atom. The van der Waals surface area contributed by atoms with Gasteiger partial charge in [-0.2, -0.15) is 0 Å². The molecule has 2 aliphatic carbocycles. The Balaban J connectivity index is 1.90. The highest BCUT2D eigenvalue weighted by Gasteiger charge is 2.48. The van der Waals surface area contributed by atoms with Crippen molar-refractivity contribution in [1.29, 1.82) is 0 Å². The van der Waals surface area contributed by atoms with Crippen LogP contribution in [0.1, 0.15) is 71.8 Å². The molecule has 0 bridgehead atoms. The van der Waals surface area contributed by atoms with E-state index in [4.69, 9.17) is 30.9 Å². The Morgan fingerprint density at radius 2 is 1.54 bits per heavy atom. The summed E-state index contributed by atoms with van der Waals surface area (Å²) < 4.78 is 17.5. The summed E-state index contributed by atoms with van der Waals surface area (Å²) in [6.07, 6.45) is 1.86. The van der Waals surface area contributed by atoms with Crippen LogP contribution in [0.25, 0.3) is 0 Å². The second-order valence-corrected chi connectivity index (χ2v) is 11.4. The van der Waals surface area contributed by atoms with E-state index in [-0.39, 0.29) is 38.9 Å². The normalized spacial score (nSPS) is 21.3. The van der Waals surface area contributed by atoms with Gasteiger partial charge in [-0.25, -0.2) is 4.79 Å². The first kappa shape index (κ1) is 25.3. The largest absolute Gasteiger partial charge is 0.490 e. The third kappa shape index (κ3) is 4.96. The Kier molecular flexibility index (Phi) is 6.51. The Hall–Kier alpha value is -2.80. The summed E-state index contributed by atoms with van der Waals surface area (Å²) in [6, 6.07) is 3.32. The average Bonchev–Trinajstić information content (AvgIpc) is 2.69. The highest BCUT2D eigenvalue weighted by atomic mass is 35.5. The summed E-state index contributed by atoms with van der Waals surface area (Å²) in [5, 5.41) is 9.18. The van der Waals surface area contributed by atoms with Gasteiger partial charge >= 0.3 is 5.97 Å². The van der Waals surface area contributed by atoms with Crippen LogP contribution in [0.5, 0.6) is 11.5 Å². The number of aliphatic carboxylic acids is 1. The molecule has 1 aromatic rings. The van der Waals surface area contributed by atoms with E-state index in [1.807, 2.05) is 27.7 Å². The number of allylic oxidation sites excluding steroid dienone is 4. The van der Waals surface area contributed by atoms with Crippen LogP contribution >= 0.6 is 11.6 Å². The molecule has 188 valence electrons. The fourth-order valence-corrected chi connectivity index (χ4v) is 5.57. The summed E-state index contributed by atoms with van der Waals surface area (Å²) >= 11 is 6.56. The predicted molar refractivity (Wildman–Crippen MR) is 130 cm³/mol. The smallest absolute Gasteiger partial charge is 0.341 e. The third-order valence-corrected chi connectivity index (χ3v) is 6.87. The molecule has 0 aromatic heterocycles. The van der Waals surface area contributed by atoms with Gasteiger partial charge in [-0.05, 0) is 35.4 Å². The maximum atomic E-state index is 13.5. The lowest BCUT2D eigenvalue weighted by molar-refractivity contribution is -0.139. The monoisotopic (exact) mass is 502 g/mol. The molecule has 7 nitrogen and oxygen atoms in total. The lowest BCUT2D eigenvalue weighted by Gasteiger charge is -2.42. The lowest BCUT2D eigenvalue weighted by atomic mass is 9.65. The molecule has 1 aliphatic heterocycles. The van der Waals surface area contributed by atoms with Crippen molar-refractivity contribution in [2.24, 2.45) is 10.8 Å². The molecule has 0 spiro atoms. The second kappa shape index (κ2) is 9.01. The molecular weight excluding hydrogens is 472 g/mol. The van der Waals surface area contributed by atoms with Crippen molar-refractivity contribution in [3.05, 3.63) is 45.4 Å². The van der Waals surface area contributed by atoms with Crippen molar-refractivity contribution in [3.8, 4) is 11.5 Å². The van der Waals surface area contributed by atoms with Crippen LogP contribution in [0.3, 0.4) is 0 Å². The van der Waals surface area contributed by atoms with E-state index in [2.05, 4.69) is 0 Å². The molecule has 0 fully saturated rings. The van der Waals surface area contributed by atoms with Crippen LogP contribution in [-0.4, -0.2) is 35.9 Å². The van der Waals surface area contributed by atoms with Gasteiger partial charge in [-0.15, -0.1) is 0 Å². The van der Waals surface area contributed by atoms with E-state index < -0.39 is 18.5 Å². The highest BCUT2D eigenvalue weighted by molar-refractivity contribution is 6.32. The first-order valence-corrected chi connectivity index (χ1v) is 12.2. The molecule has 1 aromatic carbocycles. The van der Waals surface area contributed by atoms with Crippen LogP contribution < -0.4 is 9.47 Å². The number of carbonyl (C=O) groups is 3. The molecule has 0 radical (unpaired) electrons. The van der Waals surface area contributed by atoms with Gasteiger partial charge in [-0.1, -0.05) is 39.3 Å². The molecule has 0 amide bonds. The van der Waals surface area contributed by atoms with Crippen molar-refractivity contribution in [1.82, 2.24) is 0 Å². The first-order valence-electron chi connectivity index (χ1n) is 11.8. The first-order chi connectivity index (χ1) is 16.3. The van der Waals surface area contributed by atoms with Gasteiger partial charge in [0.2, 0.25) is 0 Å². The molecule has 1 N–H and O–H groups in total. The highest BCUT2D eigenvalue weighted by Crippen LogP contribution is 2.54. The van der Waals surface area contributed by atoms with Crippen LogP contribution in [-0.2, 0) is 19.1 Å². The molecular formula is C27H31ClO7. The maximum Gasteiger partial charge on any atom is 0.341 e. The number of Topliss-reactive ketones (excluding diaryl/α,β-unsaturated/α-hetero) is 2. The third-order valence-electron chi connectivity index (χ3n) is 6.59. The summed E-state index contributed by atoms with van der Waals surface area (Å²) in [5.74, 6) is -0.279. The van der Waals surface area contributed by atoms with Gasteiger partial charge in [0.05, 0.1) is 11.6 Å². The molecule has 0 saturated carbocycles. The van der Waals surface area contributed by atoms with Gasteiger partial charge in [0.25, 0.3) is 0 Å². The zero-order chi connectivity index (χ0) is 25.7. The minimum atomic E-state index is -1.15. The summed E-state index contributed by atoms with van der Waals surface area (Å²) in [4.78, 5) is 38.0. The fraction of sp³-hybridized carbons (Fsp3) is 0.519.